The molecule has 8 nitrogen and oxygen atoms in total. The van der Waals surface area contributed by atoms with Crippen molar-refractivity contribution in [1.29, 1.82) is 0 Å². The third kappa shape index (κ3) is 5.38. The molecule has 146 valence electrons. The van der Waals surface area contributed by atoms with Gasteiger partial charge in [-0.15, -0.1) is 10.2 Å². The van der Waals surface area contributed by atoms with Crippen molar-refractivity contribution in [3.63, 3.8) is 0 Å². The summed E-state index contributed by atoms with van der Waals surface area (Å²) in [7, 11) is -3.66. The number of sulfonamides is 1. The summed E-state index contributed by atoms with van der Waals surface area (Å²) < 4.78 is 27.0. The molecule has 0 unspecified atom stereocenters. The van der Waals surface area contributed by atoms with Gasteiger partial charge in [0, 0.05) is 19.3 Å². The number of hydrogen-bond donors (Lipinski definition) is 3. The van der Waals surface area contributed by atoms with E-state index in [4.69, 9.17) is 11.6 Å². The van der Waals surface area contributed by atoms with Crippen LogP contribution in [0.4, 0.5) is 17.5 Å². The number of aromatic nitrogens is 3. The van der Waals surface area contributed by atoms with E-state index in [-0.39, 0.29) is 16.5 Å². The highest BCUT2D eigenvalue weighted by atomic mass is 35.5. The highest BCUT2D eigenvalue weighted by molar-refractivity contribution is 7.89. The zero-order chi connectivity index (χ0) is 20.0. The number of benzene rings is 1. The lowest BCUT2D eigenvalue weighted by atomic mass is 10.3. The SMILES string of the molecule is Cc1ccc(Nc2ccc(NCCNS(=O)(=O)c3ccccc3Cl)nn2)nc1. The van der Waals surface area contributed by atoms with Gasteiger partial charge in [-0.1, -0.05) is 29.8 Å². The molecule has 0 radical (unpaired) electrons. The van der Waals surface area contributed by atoms with E-state index in [0.717, 1.165) is 5.56 Å². The van der Waals surface area contributed by atoms with Gasteiger partial charge in [-0.05, 0) is 42.8 Å². The summed E-state index contributed by atoms with van der Waals surface area (Å²) in [5.41, 5.74) is 1.07. The Kier molecular flexibility index (Phi) is 6.40. The number of rotatable bonds is 8. The van der Waals surface area contributed by atoms with Crippen molar-refractivity contribution in [2.75, 3.05) is 23.7 Å². The van der Waals surface area contributed by atoms with E-state index in [1.54, 1.807) is 30.5 Å². The average Bonchev–Trinajstić information content (AvgIpc) is 2.68. The van der Waals surface area contributed by atoms with Gasteiger partial charge in [-0.25, -0.2) is 18.1 Å². The molecular formula is C18H19ClN6O2S. The zero-order valence-corrected chi connectivity index (χ0v) is 16.6. The molecule has 1 aromatic carbocycles. The Labute approximate surface area is 168 Å². The van der Waals surface area contributed by atoms with Gasteiger partial charge >= 0.3 is 0 Å². The maximum absolute atomic E-state index is 12.2. The van der Waals surface area contributed by atoms with Crippen LogP contribution in [0.25, 0.3) is 0 Å². The van der Waals surface area contributed by atoms with E-state index in [2.05, 4.69) is 30.5 Å². The highest BCUT2D eigenvalue weighted by Crippen LogP contribution is 2.19. The summed E-state index contributed by atoms with van der Waals surface area (Å²) >= 11 is 5.93. The van der Waals surface area contributed by atoms with Crippen LogP contribution in [0, 0.1) is 6.92 Å². The molecular weight excluding hydrogens is 400 g/mol. The Hall–Kier alpha value is -2.75. The first-order valence-electron chi connectivity index (χ1n) is 8.45. The molecule has 0 saturated carbocycles. The smallest absolute Gasteiger partial charge is 0.242 e. The minimum Gasteiger partial charge on any atom is -0.367 e. The monoisotopic (exact) mass is 418 g/mol. The van der Waals surface area contributed by atoms with Crippen LogP contribution < -0.4 is 15.4 Å². The molecule has 0 saturated heterocycles. The van der Waals surface area contributed by atoms with Gasteiger partial charge in [0.05, 0.1) is 5.02 Å². The first kappa shape index (κ1) is 20.0. The van der Waals surface area contributed by atoms with Gasteiger partial charge in [0.2, 0.25) is 10.0 Å². The number of nitrogens with zero attached hydrogens (tertiary/aromatic N) is 3. The van der Waals surface area contributed by atoms with E-state index < -0.39 is 10.0 Å². The second-order valence-corrected chi connectivity index (χ2v) is 8.05. The predicted octanol–water partition coefficient (Wildman–Crippen LogP) is 2.97. The van der Waals surface area contributed by atoms with E-state index in [0.29, 0.717) is 24.0 Å². The maximum atomic E-state index is 12.2. The average molecular weight is 419 g/mol. The maximum Gasteiger partial charge on any atom is 0.242 e. The fourth-order valence-corrected chi connectivity index (χ4v) is 3.83. The van der Waals surface area contributed by atoms with Crippen LogP contribution >= 0.6 is 11.6 Å². The van der Waals surface area contributed by atoms with Crippen LogP contribution in [0.15, 0.2) is 59.6 Å². The summed E-state index contributed by atoms with van der Waals surface area (Å²) in [6, 6.07) is 13.6. The standard InChI is InChI=1S/C18H19ClN6O2S/c1-13-6-7-16(21-12-13)23-18-9-8-17(24-25-18)20-10-11-22-28(26,27)15-5-3-2-4-14(15)19/h2-9,12,22H,10-11H2,1H3,(H,20,24)(H,21,23,25). The Morgan fingerprint density at radius 3 is 2.32 bits per heavy atom. The molecule has 0 aliphatic rings. The van der Waals surface area contributed by atoms with Gasteiger partial charge in [0.15, 0.2) is 5.82 Å². The van der Waals surface area contributed by atoms with Crippen molar-refractivity contribution < 1.29 is 8.42 Å². The molecule has 28 heavy (non-hydrogen) atoms. The Morgan fingerprint density at radius 1 is 0.929 bits per heavy atom. The third-order valence-corrected chi connectivity index (χ3v) is 5.64. The molecule has 3 aromatic rings. The summed E-state index contributed by atoms with van der Waals surface area (Å²) in [5.74, 6) is 1.76. The molecule has 0 aliphatic carbocycles. The molecule has 2 heterocycles. The normalized spacial score (nSPS) is 11.2. The number of nitrogens with one attached hydrogen (secondary N) is 3. The number of anilines is 3. The minimum absolute atomic E-state index is 0.0524. The molecule has 0 fully saturated rings. The lowest BCUT2D eigenvalue weighted by Gasteiger charge is -2.09. The number of hydrogen-bond acceptors (Lipinski definition) is 7. The van der Waals surface area contributed by atoms with Crippen molar-refractivity contribution in [3.8, 4) is 0 Å². The van der Waals surface area contributed by atoms with E-state index in [9.17, 15) is 8.42 Å². The third-order valence-electron chi connectivity index (χ3n) is 3.68. The quantitative estimate of drug-likeness (QED) is 0.482. The van der Waals surface area contributed by atoms with Gasteiger partial charge in [0.1, 0.15) is 16.5 Å². The summed E-state index contributed by atoms with van der Waals surface area (Å²) in [6.45, 7) is 2.47. The van der Waals surface area contributed by atoms with Gasteiger partial charge in [0.25, 0.3) is 0 Å². The number of halogens is 1. The second-order valence-electron chi connectivity index (χ2n) is 5.90. The van der Waals surface area contributed by atoms with E-state index >= 15 is 0 Å². The van der Waals surface area contributed by atoms with E-state index in [1.165, 1.54) is 12.1 Å². The molecule has 2 aromatic heterocycles. The highest BCUT2D eigenvalue weighted by Gasteiger charge is 2.16. The van der Waals surface area contributed by atoms with Crippen LogP contribution in [0.1, 0.15) is 5.56 Å². The lowest BCUT2D eigenvalue weighted by Crippen LogP contribution is -2.29. The van der Waals surface area contributed by atoms with Crippen LogP contribution in [-0.4, -0.2) is 36.7 Å². The van der Waals surface area contributed by atoms with Crippen molar-refractivity contribution in [3.05, 3.63) is 65.3 Å². The van der Waals surface area contributed by atoms with Gasteiger partial charge in [-0.2, -0.15) is 0 Å². The Morgan fingerprint density at radius 2 is 1.64 bits per heavy atom. The van der Waals surface area contributed by atoms with Crippen LogP contribution in [-0.2, 0) is 10.0 Å². The summed E-state index contributed by atoms with van der Waals surface area (Å²) in [5, 5.41) is 14.4. The fraction of sp³-hybridized carbons (Fsp3) is 0.167. The molecule has 3 rings (SSSR count). The summed E-state index contributed by atoms with van der Waals surface area (Å²) in [6.07, 6.45) is 1.76. The number of aryl methyl sites for hydroxylation is 1. The van der Waals surface area contributed by atoms with Gasteiger partial charge < -0.3 is 10.6 Å². The van der Waals surface area contributed by atoms with Crippen molar-refractivity contribution >= 4 is 39.1 Å². The van der Waals surface area contributed by atoms with Crippen LogP contribution in [0.3, 0.4) is 0 Å². The number of pyridine rings is 1. The zero-order valence-electron chi connectivity index (χ0n) is 15.1. The van der Waals surface area contributed by atoms with Crippen molar-refractivity contribution in [2.24, 2.45) is 0 Å². The topological polar surface area (TPSA) is 109 Å². The largest absolute Gasteiger partial charge is 0.367 e. The van der Waals surface area contributed by atoms with E-state index in [1.807, 2.05) is 19.1 Å². The lowest BCUT2D eigenvalue weighted by molar-refractivity contribution is 0.583. The minimum atomic E-state index is -3.66. The Balaban J connectivity index is 1.49. The second kappa shape index (κ2) is 8.96. The fourth-order valence-electron chi connectivity index (χ4n) is 2.28. The molecule has 10 heteroatoms. The predicted molar refractivity (Wildman–Crippen MR) is 109 cm³/mol. The van der Waals surface area contributed by atoms with Gasteiger partial charge in [-0.3, -0.25) is 0 Å². The van der Waals surface area contributed by atoms with Crippen molar-refractivity contribution in [1.82, 2.24) is 19.9 Å². The molecule has 0 bridgehead atoms. The molecule has 3 N–H and O–H groups in total. The van der Waals surface area contributed by atoms with Crippen LogP contribution in [0.2, 0.25) is 5.02 Å². The van der Waals surface area contributed by atoms with Crippen LogP contribution in [0.5, 0.6) is 0 Å². The molecule has 0 spiro atoms. The molecule has 0 aliphatic heterocycles. The molecule has 0 amide bonds. The summed E-state index contributed by atoms with van der Waals surface area (Å²) in [4.78, 5) is 4.29. The molecule has 0 atom stereocenters. The Bertz CT molecular complexity index is 1030. The first-order valence-corrected chi connectivity index (χ1v) is 10.3. The first-order chi connectivity index (χ1) is 13.4. The van der Waals surface area contributed by atoms with Crippen molar-refractivity contribution in [2.45, 2.75) is 11.8 Å².